The van der Waals surface area contributed by atoms with Crippen molar-refractivity contribution in [1.29, 1.82) is 0 Å². The number of hydrogen-bond donors (Lipinski definition) is 1. The molecule has 4 heteroatoms. The summed E-state index contributed by atoms with van der Waals surface area (Å²) in [5, 5.41) is 12.0. The highest BCUT2D eigenvalue weighted by molar-refractivity contribution is 5.56. The summed E-state index contributed by atoms with van der Waals surface area (Å²) in [6, 6.07) is 23.0. The van der Waals surface area contributed by atoms with Gasteiger partial charge in [0.25, 0.3) is 0 Å². The third kappa shape index (κ3) is 3.49. The average molecular weight is 363 g/mol. The molecule has 3 rings (SSSR count). The maximum absolute atomic E-state index is 12.0. The normalized spacial score (nSPS) is 12.9. The monoisotopic (exact) mass is 363 g/mol. The first-order chi connectivity index (χ1) is 13.0. The number of benzene rings is 3. The molecule has 3 aromatic carbocycles. The van der Waals surface area contributed by atoms with Crippen molar-refractivity contribution in [1.82, 2.24) is 0 Å². The molecular formula is C23H25NO3. The number of rotatable bonds is 6. The Morgan fingerprint density at radius 1 is 0.778 bits per heavy atom. The lowest BCUT2D eigenvalue weighted by Gasteiger charge is -2.32. The van der Waals surface area contributed by atoms with Crippen LogP contribution in [0.3, 0.4) is 0 Å². The first-order valence-corrected chi connectivity index (χ1v) is 8.79. The standard InChI is InChI=1S/C23H25NO3/c1-24(2)19-12-10-18(11-13-19)23(25,17-8-6-5-7-9-17)21-15-14-20(26-3)16-22(21)27-4/h5-16,25H,1-4H3. The van der Waals surface area contributed by atoms with Crippen LogP contribution in [0.15, 0.2) is 72.8 Å². The Morgan fingerprint density at radius 2 is 1.41 bits per heavy atom. The summed E-state index contributed by atoms with van der Waals surface area (Å²) in [7, 11) is 7.19. The minimum atomic E-state index is -1.36. The molecule has 0 aliphatic heterocycles. The summed E-state index contributed by atoms with van der Waals surface area (Å²) in [6.07, 6.45) is 0. The van der Waals surface area contributed by atoms with Crippen LogP contribution >= 0.6 is 0 Å². The number of methoxy groups -OCH3 is 2. The number of anilines is 1. The second kappa shape index (κ2) is 7.72. The maximum atomic E-state index is 12.0. The van der Waals surface area contributed by atoms with Gasteiger partial charge in [-0.3, -0.25) is 0 Å². The molecule has 0 radical (unpaired) electrons. The van der Waals surface area contributed by atoms with E-state index in [0.717, 1.165) is 16.8 Å². The number of ether oxygens (including phenoxy) is 2. The zero-order chi connectivity index (χ0) is 19.4. The van der Waals surface area contributed by atoms with Gasteiger partial charge in [0.05, 0.1) is 14.2 Å². The van der Waals surface area contributed by atoms with E-state index in [-0.39, 0.29) is 0 Å². The van der Waals surface area contributed by atoms with Gasteiger partial charge in [-0.2, -0.15) is 0 Å². The Morgan fingerprint density at radius 3 is 1.96 bits per heavy atom. The molecule has 0 spiro atoms. The van der Waals surface area contributed by atoms with Crippen LogP contribution < -0.4 is 14.4 Å². The summed E-state index contributed by atoms with van der Waals surface area (Å²) >= 11 is 0. The Balaban J connectivity index is 2.23. The molecule has 1 N–H and O–H groups in total. The molecule has 0 saturated carbocycles. The third-order valence-corrected chi connectivity index (χ3v) is 4.79. The SMILES string of the molecule is COc1ccc(C(O)(c2ccccc2)c2ccc(N(C)C)cc2)c(OC)c1. The van der Waals surface area contributed by atoms with Crippen LogP contribution in [0.1, 0.15) is 16.7 Å². The molecule has 140 valence electrons. The van der Waals surface area contributed by atoms with E-state index in [1.54, 1.807) is 20.3 Å². The topological polar surface area (TPSA) is 41.9 Å². The predicted octanol–water partition coefficient (Wildman–Crippen LogP) is 4.05. The lowest BCUT2D eigenvalue weighted by Crippen LogP contribution is -2.29. The van der Waals surface area contributed by atoms with Crippen molar-refractivity contribution in [2.75, 3.05) is 33.2 Å². The van der Waals surface area contributed by atoms with Crippen molar-refractivity contribution in [3.8, 4) is 11.5 Å². The third-order valence-electron chi connectivity index (χ3n) is 4.79. The van der Waals surface area contributed by atoms with E-state index < -0.39 is 5.60 Å². The highest BCUT2D eigenvalue weighted by atomic mass is 16.5. The minimum Gasteiger partial charge on any atom is -0.497 e. The summed E-state index contributed by atoms with van der Waals surface area (Å²) < 4.78 is 10.9. The van der Waals surface area contributed by atoms with Crippen LogP contribution in [0.25, 0.3) is 0 Å². The molecule has 3 aromatic rings. The summed E-state index contributed by atoms with van der Waals surface area (Å²) in [5.41, 5.74) is 1.91. The minimum absolute atomic E-state index is 0.567. The Bertz CT molecular complexity index is 891. The lowest BCUT2D eigenvalue weighted by molar-refractivity contribution is 0.122. The van der Waals surface area contributed by atoms with Crippen LogP contribution in [-0.2, 0) is 5.60 Å². The molecule has 1 unspecified atom stereocenters. The van der Waals surface area contributed by atoms with Crippen LogP contribution in [0, 0.1) is 0 Å². The van der Waals surface area contributed by atoms with Crippen molar-refractivity contribution in [2.45, 2.75) is 5.60 Å². The smallest absolute Gasteiger partial charge is 0.144 e. The molecule has 27 heavy (non-hydrogen) atoms. The van der Waals surface area contributed by atoms with Crippen LogP contribution in [-0.4, -0.2) is 33.4 Å². The molecule has 0 fully saturated rings. The van der Waals surface area contributed by atoms with E-state index in [2.05, 4.69) is 0 Å². The van der Waals surface area contributed by atoms with Crippen molar-refractivity contribution < 1.29 is 14.6 Å². The van der Waals surface area contributed by atoms with Crippen LogP contribution in [0.4, 0.5) is 5.69 Å². The Labute approximate surface area is 160 Å². The van der Waals surface area contributed by atoms with E-state index >= 15 is 0 Å². The molecular weight excluding hydrogens is 338 g/mol. The first kappa shape index (κ1) is 18.8. The molecule has 4 nitrogen and oxygen atoms in total. The van der Waals surface area contributed by atoms with Gasteiger partial charge in [-0.15, -0.1) is 0 Å². The van der Waals surface area contributed by atoms with Crippen molar-refractivity contribution >= 4 is 5.69 Å². The number of hydrogen-bond acceptors (Lipinski definition) is 4. The van der Waals surface area contributed by atoms with Gasteiger partial charge >= 0.3 is 0 Å². The van der Waals surface area contributed by atoms with Crippen molar-refractivity contribution in [3.63, 3.8) is 0 Å². The Hall–Kier alpha value is -2.98. The summed E-state index contributed by atoms with van der Waals surface area (Å²) in [5.74, 6) is 1.24. The maximum Gasteiger partial charge on any atom is 0.144 e. The zero-order valence-electron chi connectivity index (χ0n) is 16.1. The molecule has 1 atom stereocenters. The largest absolute Gasteiger partial charge is 0.497 e. The van der Waals surface area contributed by atoms with E-state index in [9.17, 15) is 5.11 Å². The fourth-order valence-electron chi connectivity index (χ4n) is 3.26. The summed E-state index contributed by atoms with van der Waals surface area (Å²) in [6.45, 7) is 0. The van der Waals surface area contributed by atoms with Crippen molar-refractivity contribution in [3.05, 3.63) is 89.5 Å². The van der Waals surface area contributed by atoms with Gasteiger partial charge in [-0.1, -0.05) is 42.5 Å². The van der Waals surface area contributed by atoms with Crippen LogP contribution in [0.2, 0.25) is 0 Å². The van der Waals surface area contributed by atoms with Gasteiger partial charge in [0.15, 0.2) is 0 Å². The van der Waals surface area contributed by atoms with Gasteiger partial charge in [-0.25, -0.2) is 0 Å². The van der Waals surface area contributed by atoms with Gasteiger partial charge in [0.1, 0.15) is 17.1 Å². The molecule has 0 heterocycles. The number of aliphatic hydroxyl groups is 1. The van der Waals surface area contributed by atoms with E-state index in [1.165, 1.54) is 0 Å². The second-order valence-corrected chi connectivity index (χ2v) is 6.58. The molecule has 0 aliphatic carbocycles. The van der Waals surface area contributed by atoms with E-state index in [1.807, 2.05) is 85.7 Å². The quantitative estimate of drug-likeness (QED) is 0.671. The first-order valence-electron chi connectivity index (χ1n) is 8.79. The van der Waals surface area contributed by atoms with E-state index in [4.69, 9.17) is 9.47 Å². The molecule has 0 saturated heterocycles. The van der Waals surface area contributed by atoms with Gasteiger partial charge in [0.2, 0.25) is 0 Å². The molecule has 0 aromatic heterocycles. The zero-order valence-corrected chi connectivity index (χ0v) is 16.1. The molecule has 0 amide bonds. The fourth-order valence-corrected chi connectivity index (χ4v) is 3.26. The van der Waals surface area contributed by atoms with Crippen LogP contribution in [0.5, 0.6) is 11.5 Å². The van der Waals surface area contributed by atoms with Gasteiger partial charge in [0, 0.05) is 31.4 Å². The lowest BCUT2D eigenvalue weighted by atomic mass is 9.80. The highest BCUT2D eigenvalue weighted by Crippen LogP contribution is 2.42. The predicted molar refractivity (Wildman–Crippen MR) is 109 cm³/mol. The van der Waals surface area contributed by atoms with Crippen molar-refractivity contribution in [2.24, 2.45) is 0 Å². The number of nitrogens with zero attached hydrogens (tertiary/aromatic N) is 1. The average Bonchev–Trinajstić information content (AvgIpc) is 2.73. The fraction of sp³-hybridized carbons (Fsp3) is 0.217. The second-order valence-electron chi connectivity index (χ2n) is 6.58. The Kier molecular flexibility index (Phi) is 5.38. The van der Waals surface area contributed by atoms with E-state index in [0.29, 0.717) is 17.1 Å². The summed E-state index contributed by atoms with van der Waals surface area (Å²) in [4.78, 5) is 2.03. The van der Waals surface area contributed by atoms with Gasteiger partial charge < -0.3 is 19.5 Å². The molecule has 0 bridgehead atoms. The molecule has 0 aliphatic rings. The van der Waals surface area contributed by atoms with Gasteiger partial charge in [-0.05, 0) is 35.4 Å². The highest BCUT2D eigenvalue weighted by Gasteiger charge is 2.36.